The Morgan fingerprint density at radius 2 is 2.24 bits per heavy atom. The van der Waals surface area contributed by atoms with Gasteiger partial charge in [-0.1, -0.05) is 34.1 Å². The first-order chi connectivity index (χ1) is 8.31. The molecule has 0 bridgehead atoms. The van der Waals surface area contributed by atoms with Crippen molar-refractivity contribution in [1.29, 1.82) is 0 Å². The predicted octanol–water partition coefficient (Wildman–Crippen LogP) is 2.74. The predicted molar refractivity (Wildman–Crippen MR) is 71.5 cm³/mol. The molecular weight excluding hydrogens is 282 g/mol. The number of esters is 1. The van der Waals surface area contributed by atoms with E-state index in [1.807, 2.05) is 24.3 Å². The molecule has 0 aliphatic carbocycles. The van der Waals surface area contributed by atoms with E-state index in [0.717, 1.165) is 30.3 Å². The monoisotopic (exact) mass is 297 g/mol. The second-order valence-corrected chi connectivity index (χ2v) is 4.91. The summed E-state index contributed by atoms with van der Waals surface area (Å²) in [5, 5.41) is 4.15. The van der Waals surface area contributed by atoms with Gasteiger partial charge in [-0.2, -0.15) is 0 Å². The molecule has 1 aliphatic rings. The Morgan fingerprint density at radius 1 is 1.41 bits per heavy atom. The molecule has 92 valence electrons. The fourth-order valence-corrected chi connectivity index (χ4v) is 2.31. The van der Waals surface area contributed by atoms with E-state index in [9.17, 15) is 4.79 Å². The number of halogens is 1. The fourth-order valence-electron chi connectivity index (χ4n) is 1.91. The Morgan fingerprint density at radius 3 is 3.00 bits per heavy atom. The minimum absolute atomic E-state index is 0.143. The summed E-state index contributed by atoms with van der Waals surface area (Å²) in [5.41, 5.74) is 2.24. The number of para-hydroxylation sites is 1. The van der Waals surface area contributed by atoms with Crippen LogP contribution in [0.2, 0.25) is 0 Å². The highest BCUT2D eigenvalue weighted by Gasteiger charge is 2.27. The van der Waals surface area contributed by atoms with Crippen LogP contribution >= 0.6 is 15.9 Å². The normalized spacial score (nSPS) is 17.4. The average Bonchev–Trinajstić information content (AvgIpc) is 2.78. The Labute approximate surface area is 110 Å². The van der Waals surface area contributed by atoms with Crippen molar-refractivity contribution in [3.05, 3.63) is 29.8 Å². The third-order valence-electron chi connectivity index (χ3n) is 2.83. The summed E-state index contributed by atoms with van der Waals surface area (Å²) in [6.07, 6.45) is 2.68. The molecule has 0 saturated heterocycles. The SMILES string of the molecule is O=C(OCCCCBr)C1Cc2ccccc2N1. The number of anilines is 1. The van der Waals surface area contributed by atoms with Crippen molar-refractivity contribution < 1.29 is 9.53 Å². The topological polar surface area (TPSA) is 38.3 Å². The summed E-state index contributed by atoms with van der Waals surface area (Å²) in [6, 6.07) is 7.78. The fraction of sp³-hybridized carbons (Fsp3) is 0.462. The van der Waals surface area contributed by atoms with Gasteiger partial charge in [-0.05, 0) is 24.5 Å². The average molecular weight is 298 g/mol. The van der Waals surface area contributed by atoms with Crippen LogP contribution in [0.1, 0.15) is 18.4 Å². The van der Waals surface area contributed by atoms with Crippen LogP contribution < -0.4 is 5.32 Å². The third-order valence-corrected chi connectivity index (χ3v) is 3.39. The summed E-state index contributed by atoms with van der Waals surface area (Å²) in [5.74, 6) is -0.143. The van der Waals surface area contributed by atoms with Crippen LogP contribution in [0.5, 0.6) is 0 Å². The van der Waals surface area contributed by atoms with Gasteiger partial charge in [0.1, 0.15) is 6.04 Å². The molecule has 0 radical (unpaired) electrons. The van der Waals surface area contributed by atoms with Gasteiger partial charge >= 0.3 is 5.97 Å². The standard InChI is InChI=1S/C13H16BrNO2/c14-7-3-4-8-17-13(16)12-9-10-5-1-2-6-11(10)15-12/h1-2,5-6,12,15H,3-4,7-9H2. The molecule has 0 saturated carbocycles. The van der Waals surface area contributed by atoms with Gasteiger partial charge in [0.2, 0.25) is 0 Å². The molecule has 1 heterocycles. The lowest BCUT2D eigenvalue weighted by atomic mass is 10.1. The van der Waals surface area contributed by atoms with Crippen molar-refractivity contribution in [2.24, 2.45) is 0 Å². The number of ether oxygens (including phenoxy) is 1. The van der Waals surface area contributed by atoms with Crippen LogP contribution in [0.4, 0.5) is 5.69 Å². The highest BCUT2D eigenvalue weighted by atomic mass is 79.9. The zero-order valence-electron chi connectivity index (χ0n) is 9.62. The molecule has 0 spiro atoms. The third kappa shape index (κ3) is 3.22. The van der Waals surface area contributed by atoms with Gasteiger partial charge in [-0.15, -0.1) is 0 Å². The van der Waals surface area contributed by atoms with Crippen molar-refractivity contribution in [3.8, 4) is 0 Å². The van der Waals surface area contributed by atoms with Gasteiger partial charge in [-0.3, -0.25) is 0 Å². The lowest BCUT2D eigenvalue weighted by molar-refractivity contribution is -0.144. The molecule has 17 heavy (non-hydrogen) atoms. The number of fused-ring (bicyclic) bond motifs is 1. The minimum Gasteiger partial charge on any atom is -0.464 e. The van der Waals surface area contributed by atoms with Crippen LogP contribution in [-0.2, 0) is 16.0 Å². The van der Waals surface area contributed by atoms with Crippen molar-refractivity contribution in [2.75, 3.05) is 17.3 Å². The molecule has 0 amide bonds. The number of rotatable bonds is 5. The summed E-state index contributed by atoms with van der Waals surface area (Å²) >= 11 is 3.35. The number of hydrogen-bond acceptors (Lipinski definition) is 3. The molecular formula is C13H16BrNO2. The van der Waals surface area contributed by atoms with Crippen LogP contribution in [0, 0.1) is 0 Å². The Balaban J connectivity index is 1.80. The number of benzene rings is 1. The number of hydrogen-bond donors (Lipinski definition) is 1. The smallest absolute Gasteiger partial charge is 0.328 e. The molecule has 1 aromatic rings. The number of carbonyl (C=O) groups excluding carboxylic acids is 1. The van der Waals surface area contributed by atoms with E-state index in [1.165, 1.54) is 5.56 Å². The first-order valence-corrected chi connectivity index (χ1v) is 7.00. The van der Waals surface area contributed by atoms with Gasteiger partial charge in [0.05, 0.1) is 6.61 Å². The number of carbonyl (C=O) groups is 1. The summed E-state index contributed by atoms with van der Waals surface area (Å²) in [4.78, 5) is 11.8. The van der Waals surface area contributed by atoms with E-state index in [1.54, 1.807) is 0 Å². The van der Waals surface area contributed by atoms with Gasteiger partial charge in [0.15, 0.2) is 0 Å². The maximum absolute atomic E-state index is 11.8. The van der Waals surface area contributed by atoms with E-state index in [-0.39, 0.29) is 12.0 Å². The minimum atomic E-state index is -0.212. The van der Waals surface area contributed by atoms with Crippen molar-refractivity contribution in [2.45, 2.75) is 25.3 Å². The van der Waals surface area contributed by atoms with Crippen LogP contribution in [0.15, 0.2) is 24.3 Å². The molecule has 4 heteroatoms. The lowest BCUT2D eigenvalue weighted by Gasteiger charge is -2.10. The maximum atomic E-state index is 11.8. The van der Waals surface area contributed by atoms with Crippen LogP contribution in [-0.4, -0.2) is 23.9 Å². The molecule has 1 atom stereocenters. The number of unbranched alkanes of at least 4 members (excludes halogenated alkanes) is 1. The number of alkyl halides is 1. The quantitative estimate of drug-likeness (QED) is 0.516. The molecule has 0 aromatic heterocycles. The largest absolute Gasteiger partial charge is 0.464 e. The number of nitrogens with one attached hydrogen (secondary N) is 1. The van der Waals surface area contributed by atoms with Crippen molar-refractivity contribution in [3.63, 3.8) is 0 Å². The molecule has 1 N–H and O–H groups in total. The highest BCUT2D eigenvalue weighted by Crippen LogP contribution is 2.25. The van der Waals surface area contributed by atoms with E-state index in [2.05, 4.69) is 21.2 Å². The first kappa shape index (κ1) is 12.4. The van der Waals surface area contributed by atoms with Gasteiger partial charge in [-0.25, -0.2) is 4.79 Å². The van der Waals surface area contributed by atoms with E-state index in [0.29, 0.717) is 6.61 Å². The van der Waals surface area contributed by atoms with Crippen LogP contribution in [0.3, 0.4) is 0 Å². The van der Waals surface area contributed by atoms with E-state index < -0.39 is 0 Å². The molecule has 3 nitrogen and oxygen atoms in total. The van der Waals surface area contributed by atoms with Gasteiger partial charge in [0.25, 0.3) is 0 Å². The molecule has 1 aromatic carbocycles. The summed E-state index contributed by atoms with van der Waals surface area (Å²) < 4.78 is 5.24. The van der Waals surface area contributed by atoms with E-state index >= 15 is 0 Å². The van der Waals surface area contributed by atoms with E-state index in [4.69, 9.17) is 4.74 Å². The zero-order valence-corrected chi connectivity index (χ0v) is 11.2. The maximum Gasteiger partial charge on any atom is 0.328 e. The lowest BCUT2D eigenvalue weighted by Crippen LogP contribution is -2.29. The Bertz CT molecular complexity index is 370. The van der Waals surface area contributed by atoms with Crippen molar-refractivity contribution in [1.82, 2.24) is 0 Å². The highest BCUT2D eigenvalue weighted by molar-refractivity contribution is 9.09. The van der Waals surface area contributed by atoms with Gasteiger partial charge < -0.3 is 10.1 Å². The Kier molecular flexibility index (Phi) is 4.42. The van der Waals surface area contributed by atoms with Crippen molar-refractivity contribution >= 4 is 27.6 Å². The summed E-state index contributed by atoms with van der Waals surface area (Å²) in [7, 11) is 0. The molecule has 1 aliphatic heterocycles. The molecule has 1 unspecified atom stereocenters. The zero-order chi connectivity index (χ0) is 12.1. The first-order valence-electron chi connectivity index (χ1n) is 5.88. The van der Waals surface area contributed by atoms with Gasteiger partial charge in [0, 0.05) is 17.4 Å². The second kappa shape index (κ2) is 6.05. The molecule has 2 rings (SSSR count). The van der Waals surface area contributed by atoms with Crippen LogP contribution in [0.25, 0.3) is 0 Å². The molecule has 0 fully saturated rings. The second-order valence-electron chi connectivity index (χ2n) is 4.12. The Hall–Kier alpha value is -1.03. The summed E-state index contributed by atoms with van der Waals surface area (Å²) in [6.45, 7) is 0.513.